The van der Waals surface area contributed by atoms with Gasteiger partial charge < -0.3 is 16.4 Å². The van der Waals surface area contributed by atoms with E-state index in [2.05, 4.69) is 16.0 Å². The molecule has 7 nitrogen and oxygen atoms in total. The Morgan fingerprint density at radius 3 is 2.65 bits per heavy atom. The molecule has 2 unspecified atom stereocenters. The topological polar surface area (TPSA) is 113 Å². The van der Waals surface area contributed by atoms with Crippen LogP contribution in [0.4, 0.5) is 0 Å². The predicted molar refractivity (Wildman–Crippen MR) is 77.6 cm³/mol. The fraction of sp³-hybridized carbons (Fsp3) is 0.750. The summed E-state index contributed by atoms with van der Waals surface area (Å²) < 4.78 is 0. The van der Waals surface area contributed by atoms with Crippen molar-refractivity contribution in [2.45, 2.75) is 50.7 Å². The molecule has 1 fully saturated rings. The average molecular weight is 302 g/mol. The second kappa shape index (κ2) is 6.94. The SMILES string of the molecule is CC(C)(C)NC(=O)CSC1NC(=O)CC(CC(N)=O)N1. The Balaban J connectivity index is 2.41. The van der Waals surface area contributed by atoms with Crippen LogP contribution in [0.5, 0.6) is 0 Å². The van der Waals surface area contributed by atoms with Crippen molar-refractivity contribution in [1.82, 2.24) is 16.0 Å². The average Bonchev–Trinajstić information content (AvgIpc) is 2.22. The van der Waals surface area contributed by atoms with E-state index in [4.69, 9.17) is 5.73 Å². The Morgan fingerprint density at radius 2 is 2.10 bits per heavy atom. The molecule has 0 aromatic rings. The summed E-state index contributed by atoms with van der Waals surface area (Å²) in [6.45, 7) is 5.71. The molecule has 0 radical (unpaired) electrons. The largest absolute Gasteiger partial charge is 0.370 e. The predicted octanol–water partition coefficient (Wildman–Crippen LogP) is -0.729. The highest BCUT2D eigenvalue weighted by Crippen LogP contribution is 2.14. The highest BCUT2D eigenvalue weighted by atomic mass is 32.2. The zero-order valence-electron chi connectivity index (χ0n) is 12.0. The highest BCUT2D eigenvalue weighted by molar-refractivity contribution is 8.00. The van der Waals surface area contributed by atoms with Gasteiger partial charge in [0.25, 0.3) is 0 Å². The second-order valence-electron chi connectivity index (χ2n) is 5.79. The van der Waals surface area contributed by atoms with Crippen LogP contribution < -0.4 is 21.7 Å². The molecule has 20 heavy (non-hydrogen) atoms. The summed E-state index contributed by atoms with van der Waals surface area (Å²) in [7, 11) is 0. The van der Waals surface area contributed by atoms with Gasteiger partial charge in [-0.2, -0.15) is 0 Å². The second-order valence-corrected chi connectivity index (χ2v) is 6.89. The van der Waals surface area contributed by atoms with Crippen LogP contribution in [-0.4, -0.2) is 40.6 Å². The monoisotopic (exact) mass is 302 g/mol. The molecule has 1 aliphatic rings. The first-order valence-electron chi connectivity index (χ1n) is 6.42. The van der Waals surface area contributed by atoms with E-state index in [1.807, 2.05) is 20.8 Å². The maximum Gasteiger partial charge on any atom is 0.230 e. The van der Waals surface area contributed by atoms with E-state index in [1.54, 1.807) is 0 Å². The van der Waals surface area contributed by atoms with Gasteiger partial charge in [0, 0.05) is 24.4 Å². The summed E-state index contributed by atoms with van der Waals surface area (Å²) in [5, 5.41) is 8.64. The van der Waals surface area contributed by atoms with Crippen LogP contribution in [0, 0.1) is 0 Å². The molecule has 0 aromatic carbocycles. The Bertz CT molecular complexity index is 393. The van der Waals surface area contributed by atoms with Crippen LogP contribution >= 0.6 is 11.8 Å². The van der Waals surface area contributed by atoms with Crippen molar-refractivity contribution >= 4 is 29.5 Å². The van der Waals surface area contributed by atoms with E-state index < -0.39 is 5.91 Å². The van der Waals surface area contributed by atoms with Crippen LogP contribution in [0.25, 0.3) is 0 Å². The van der Waals surface area contributed by atoms with Crippen LogP contribution in [-0.2, 0) is 14.4 Å². The smallest absolute Gasteiger partial charge is 0.230 e. The van der Waals surface area contributed by atoms with E-state index in [9.17, 15) is 14.4 Å². The van der Waals surface area contributed by atoms with E-state index in [-0.39, 0.29) is 47.5 Å². The molecule has 0 aromatic heterocycles. The Labute approximate surface area is 122 Å². The third-order valence-corrected chi connectivity index (χ3v) is 3.47. The zero-order chi connectivity index (χ0) is 15.3. The lowest BCUT2D eigenvalue weighted by atomic mass is 10.1. The normalized spacial score (nSPS) is 23.1. The first kappa shape index (κ1) is 16.8. The molecule has 1 heterocycles. The Hall–Kier alpha value is -1.28. The standard InChI is InChI=1S/C12H22N4O3S/c1-12(2,3)16-10(19)6-20-11-14-7(4-8(13)17)5-9(18)15-11/h7,11,14H,4-6H2,1-3H3,(H2,13,17)(H,15,18)(H,16,19). The molecule has 0 spiro atoms. The summed E-state index contributed by atoms with van der Waals surface area (Å²) >= 11 is 1.27. The van der Waals surface area contributed by atoms with Crippen LogP contribution in [0.15, 0.2) is 0 Å². The van der Waals surface area contributed by atoms with Crippen molar-refractivity contribution < 1.29 is 14.4 Å². The number of hydrogen-bond acceptors (Lipinski definition) is 5. The van der Waals surface area contributed by atoms with Crippen molar-refractivity contribution in [3.63, 3.8) is 0 Å². The fourth-order valence-electron chi connectivity index (χ4n) is 1.82. The fourth-order valence-corrected chi connectivity index (χ4v) is 2.71. The number of rotatable bonds is 5. The number of nitrogens with two attached hydrogens (primary N) is 1. The summed E-state index contributed by atoms with van der Waals surface area (Å²) in [5.41, 5.74) is 4.46. The summed E-state index contributed by atoms with van der Waals surface area (Å²) in [6.07, 6.45) is 0.326. The zero-order valence-corrected chi connectivity index (χ0v) is 12.8. The number of carbonyl (C=O) groups excluding carboxylic acids is 3. The first-order chi connectivity index (χ1) is 9.15. The van der Waals surface area contributed by atoms with Crippen LogP contribution in [0.3, 0.4) is 0 Å². The van der Waals surface area contributed by atoms with Gasteiger partial charge in [-0.1, -0.05) is 0 Å². The number of nitrogens with one attached hydrogen (secondary N) is 3. The summed E-state index contributed by atoms with van der Waals surface area (Å²) in [5.74, 6) is -0.482. The summed E-state index contributed by atoms with van der Waals surface area (Å²) in [6, 6.07) is -0.274. The van der Waals surface area contributed by atoms with Crippen LogP contribution in [0.1, 0.15) is 33.6 Å². The lowest BCUT2D eigenvalue weighted by Crippen LogP contribution is -2.56. The lowest BCUT2D eigenvalue weighted by Gasteiger charge is -2.30. The van der Waals surface area contributed by atoms with Crippen molar-refractivity contribution in [3.8, 4) is 0 Å². The van der Waals surface area contributed by atoms with Gasteiger partial charge >= 0.3 is 0 Å². The number of primary amides is 1. The van der Waals surface area contributed by atoms with Crippen molar-refractivity contribution in [1.29, 1.82) is 0 Å². The van der Waals surface area contributed by atoms with Gasteiger partial charge in [-0.3, -0.25) is 19.7 Å². The van der Waals surface area contributed by atoms with E-state index >= 15 is 0 Å². The van der Waals surface area contributed by atoms with Crippen molar-refractivity contribution in [2.24, 2.45) is 5.73 Å². The third-order valence-electron chi connectivity index (χ3n) is 2.45. The maximum atomic E-state index is 11.7. The molecule has 0 saturated carbocycles. The minimum atomic E-state index is -0.452. The number of amides is 3. The molecular weight excluding hydrogens is 280 g/mol. The maximum absolute atomic E-state index is 11.7. The van der Waals surface area contributed by atoms with Gasteiger partial charge in [-0.25, -0.2) is 0 Å². The minimum Gasteiger partial charge on any atom is -0.370 e. The molecule has 1 aliphatic heterocycles. The third kappa shape index (κ3) is 6.76. The highest BCUT2D eigenvalue weighted by Gasteiger charge is 2.27. The van der Waals surface area contributed by atoms with Crippen LogP contribution in [0.2, 0.25) is 0 Å². The quantitative estimate of drug-likeness (QED) is 0.535. The molecule has 0 aliphatic carbocycles. The van der Waals surface area contributed by atoms with Gasteiger partial charge in [0.2, 0.25) is 17.7 Å². The first-order valence-corrected chi connectivity index (χ1v) is 7.47. The summed E-state index contributed by atoms with van der Waals surface area (Å²) in [4.78, 5) is 34.1. The molecule has 2 atom stereocenters. The number of thioether (sulfide) groups is 1. The van der Waals surface area contributed by atoms with Crippen molar-refractivity contribution in [2.75, 3.05) is 5.75 Å². The van der Waals surface area contributed by atoms with E-state index in [0.29, 0.717) is 0 Å². The molecule has 3 amide bonds. The van der Waals surface area contributed by atoms with Gasteiger partial charge in [0.15, 0.2) is 0 Å². The van der Waals surface area contributed by atoms with Gasteiger partial charge in [-0.05, 0) is 20.8 Å². The Kier molecular flexibility index (Phi) is 5.82. The number of carbonyl (C=O) groups is 3. The van der Waals surface area contributed by atoms with E-state index in [1.165, 1.54) is 11.8 Å². The minimum absolute atomic E-state index is 0.101. The molecular formula is C12H22N4O3S. The van der Waals surface area contributed by atoms with Gasteiger partial charge in [0.1, 0.15) is 5.50 Å². The van der Waals surface area contributed by atoms with E-state index in [0.717, 1.165) is 0 Å². The van der Waals surface area contributed by atoms with Gasteiger partial charge in [0.05, 0.1) is 5.75 Å². The molecule has 1 rings (SSSR count). The lowest BCUT2D eigenvalue weighted by molar-refractivity contribution is -0.124. The number of hydrogen-bond donors (Lipinski definition) is 4. The molecule has 1 saturated heterocycles. The molecule has 8 heteroatoms. The molecule has 0 bridgehead atoms. The molecule has 5 N–H and O–H groups in total. The molecule has 114 valence electrons. The van der Waals surface area contributed by atoms with Gasteiger partial charge in [-0.15, -0.1) is 11.8 Å². The Morgan fingerprint density at radius 1 is 1.45 bits per heavy atom. The van der Waals surface area contributed by atoms with Crippen molar-refractivity contribution in [3.05, 3.63) is 0 Å².